The van der Waals surface area contributed by atoms with Crippen LogP contribution in [-0.2, 0) is 16.6 Å². The first kappa shape index (κ1) is 14.0. The summed E-state index contributed by atoms with van der Waals surface area (Å²) in [6, 6.07) is 5.17. The molecule has 1 aromatic rings. The standard InChI is InChI=1S/C11H15Cl2NOS/c1-11(2,14)7-16(15)6-8-5-9(12)3-4-10(8)13/h3-5H,6-7,14H2,1-2H3. The highest BCUT2D eigenvalue weighted by Gasteiger charge is 2.16. The third-order valence-electron chi connectivity index (χ3n) is 1.86. The van der Waals surface area contributed by atoms with E-state index in [2.05, 4.69) is 0 Å². The molecular weight excluding hydrogens is 265 g/mol. The van der Waals surface area contributed by atoms with Crippen LogP contribution in [0.5, 0.6) is 0 Å². The van der Waals surface area contributed by atoms with Crippen LogP contribution in [0.25, 0.3) is 0 Å². The van der Waals surface area contributed by atoms with Crippen LogP contribution in [0.1, 0.15) is 19.4 Å². The summed E-state index contributed by atoms with van der Waals surface area (Å²) in [5, 5.41) is 1.19. The molecule has 1 unspecified atom stereocenters. The first-order valence-electron chi connectivity index (χ1n) is 4.86. The highest BCUT2D eigenvalue weighted by Crippen LogP contribution is 2.22. The predicted molar refractivity (Wildman–Crippen MR) is 71.4 cm³/mol. The van der Waals surface area contributed by atoms with Gasteiger partial charge in [-0.05, 0) is 37.6 Å². The number of rotatable bonds is 4. The molecule has 0 heterocycles. The average Bonchev–Trinajstić information content (AvgIpc) is 2.08. The fourth-order valence-corrected chi connectivity index (χ4v) is 3.27. The molecule has 0 saturated carbocycles. The summed E-state index contributed by atoms with van der Waals surface area (Å²) >= 11 is 11.8. The van der Waals surface area contributed by atoms with E-state index in [0.717, 1.165) is 5.56 Å². The molecule has 1 rings (SSSR count). The maximum atomic E-state index is 11.8. The van der Waals surface area contributed by atoms with E-state index < -0.39 is 16.3 Å². The van der Waals surface area contributed by atoms with E-state index in [1.54, 1.807) is 18.2 Å². The lowest BCUT2D eigenvalue weighted by Crippen LogP contribution is -2.38. The van der Waals surface area contributed by atoms with Gasteiger partial charge >= 0.3 is 0 Å². The van der Waals surface area contributed by atoms with Crippen molar-refractivity contribution in [2.75, 3.05) is 5.75 Å². The molecule has 0 fully saturated rings. The zero-order chi connectivity index (χ0) is 12.3. The van der Waals surface area contributed by atoms with Crippen LogP contribution in [0.3, 0.4) is 0 Å². The molecule has 5 heteroatoms. The third-order valence-corrected chi connectivity index (χ3v) is 4.16. The summed E-state index contributed by atoms with van der Waals surface area (Å²) in [7, 11) is -1.03. The second-order valence-electron chi connectivity index (χ2n) is 4.45. The first-order valence-corrected chi connectivity index (χ1v) is 7.10. The van der Waals surface area contributed by atoms with Gasteiger partial charge < -0.3 is 5.73 Å². The van der Waals surface area contributed by atoms with Gasteiger partial charge in [-0.2, -0.15) is 0 Å². The number of nitrogens with two attached hydrogens (primary N) is 1. The Hall–Kier alpha value is -0.0900. The second-order valence-corrected chi connectivity index (χ2v) is 6.75. The molecule has 0 spiro atoms. The van der Waals surface area contributed by atoms with Crippen LogP contribution in [0.2, 0.25) is 10.0 Å². The molecule has 0 bridgehead atoms. The van der Waals surface area contributed by atoms with Crippen molar-refractivity contribution in [3.8, 4) is 0 Å². The van der Waals surface area contributed by atoms with Gasteiger partial charge in [-0.25, -0.2) is 0 Å². The van der Waals surface area contributed by atoms with Crippen LogP contribution in [0, 0.1) is 0 Å². The molecule has 0 amide bonds. The van der Waals surface area contributed by atoms with E-state index in [9.17, 15) is 4.21 Å². The van der Waals surface area contributed by atoms with Gasteiger partial charge in [0.2, 0.25) is 0 Å². The van der Waals surface area contributed by atoms with Crippen LogP contribution >= 0.6 is 23.2 Å². The normalized spacial score (nSPS) is 13.8. The van der Waals surface area contributed by atoms with Gasteiger partial charge in [-0.1, -0.05) is 23.2 Å². The Bertz CT molecular complexity index is 401. The molecule has 16 heavy (non-hydrogen) atoms. The molecule has 0 saturated heterocycles. The summed E-state index contributed by atoms with van der Waals surface area (Å²) < 4.78 is 11.8. The van der Waals surface area contributed by atoms with Crippen LogP contribution in [0.15, 0.2) is 18.2 Å². The SMILES string of the molecule is CC(C)(N)CS(=O)Cc1cc(Cl)ccc1Cl. The molecule has 0 aliphatic rings. The van der Waals surface area contributed by atoms with Gasteiger partial charge in [-0.3, -0.25) is 4.21 Å². The highest BCUT2D eigenvalue weighted by atomic mass is 35.5. The lowest BCUT2D eigenvalue weighted by atomic mass is 10.1. The fourth-order valence-electron chi connectivity index (χ4n) is 1.29. The molecular formula is C11H15Cl2NOS. The van der Waals surface area contributed by atoms with Gasteiger partial charge in [0.1, 0.15) is 0 Å². The Morgan fingerprint density at radius 1 is 1.38 bits per heavy atom. The van der Waals surface area contributed by atoms with Crippen molar-refractivity contribution in [3.05, 3.63) is 33.8 Å². The number of benzene rings is 1. The predicted octanol–water partition coefficient (Wildman–Crippen LogP) is 2.98. The van der Waals surface area contributed by atoms with Crippen molar-refractivity contribution in [1.82, 2.24) is 0 Å². The van der Waals surface area contributed by atoms with Crippen molar-refractivity contribution < 1.29 is 4.21 Å². The topological polar surface area (TPSA) is 43.1 Å². The Kier molecular flexibility index (Phi) is 4.80. The number of hydrogen-bond donors (Lipinski definition) is 1. The largest absolute Gasteiger partial charge is 0.325 e. The van der Waals surface area contributed by atoms with E-state index in [-0.39, 0.29) is 0 Å². The molecule has 1 aromatic carbocycles. The van der Waals surface area contributed by atoms with Crippen LogP contribution in [0.4, 0.5) is 0 Å². The zero-order valence-electron chi connectivity index (χ0n) is 9.30. The Labute approximate surface area is 109 Å². The summed E-state index contributed by atoms with van der Waals surface area (Å²) in [5.41, 5.74) is 6.17. The second kappa shape index (κ2) is 5.50. The van der Waals surface area contributed by atoms with Crippen LogP contribution < -0.4 is 5.73 Å². The molecule has 0 aliphatic heterocycles. The van der Waals surface area contributed by atoms with Crippen molar-refractivity contribution in [1.29, 1.82) is 0 Å². The minimum Gasteiger partial charge on any atom is -0.325 e. The zero-order valence-corrected chi connectivity index (χ0v) is 11.6. The van der Waals surface area contributed by atoms with E-state index in [4.69, 9.17) is 28.9 Å². The highest BCUT2D eigenvalue weighted by molar-refractivity contribution is 7.84. The van der Waals surface area contributed by atoms with E-state index in [1.165, 1.54) is 0 Å². The van der Waals surface area contributed by atoms with Crippen molar-refractivity contribution in [2.45, 2.75) is 25.1 Å². The van der Waals surface area contributed by atoms with Gasteiger partial charge in [-0.15, -0.1) is 0 Å². The van der Waals surface area contributed by atoms with Gasteiger partial charge in [0.05, 0.1) is 5.75 Å². The van der Waals surface area contributed by atoms with Gasteiger partial charge in [0.15, 0.2) is 0 Å². The molecule has 2 nitrogen and oxygen atoms in total. The number of hydrogen-bond acceptors (Lipinski definition) is 2. The maximum Gasteiger partial charge on any atom is 0.0501 e. The molecule has 0 radical (unpaired) electrons. The van der Waals surface area contributed by atoms with Crippen molar-refractivity contribution in [3.63, 3.8) is 0 Å². The number of halogens is 2. The molecule has 0 aromatic heterocycles. The first-order chi connectivity index (χ1) is 7.28. The van der Waals surface area contributed by atoms with E-state index in [0.29, 0.717) is 21.6 Å². The van der Waals surface area contributed by atoms with E-state index in [1.807, 2.05) is 13.8 Å². The fraction of sp³-hybridized carbons (Fsp3) is 0.455. The van der Waals surface area contributed by atoms with Gasteiger partial charge in [0.25, 0.3) is 0 Å². The smallest absolute Gasteiger partial charge is 0.0501 e. The minimum absolute atomic E-state index is 0.389. The van der Waals surface area contributed by atoms with Crippen LogP contribution in [-0.4, -0.2) is 15.5 Å². The monoisotopic (exact) mass is 279 g/mol. The quantitative estimate of drug-likeness (QED) is 0.921. The Morgan fingerprint density at radius 2 is 2.00 bits per heavy atom. The Morgan fingerprint density at radius 3 is 2.56 bits per heavy atom. The van der Waals surface area contributed by atoms with Crippen molar-refractivity contribution in [2.24, 2.45) is 5.73 Å². The van der Waals surface area contributed by atoms with Gasteiger partial charge in [0, 0.05) is 32.1 Å². The third kappa shape index (κ3) is 4.83. The molecule has 90 valence electrons. The van der Waals surface area contributed by atoms with E-state index >= 15 is 0 Å². The lowest BCUT2D eigenvalue weighted by molar-refractivity contribution is 0.577. The summed E-state index contributed by atoms with van der Waals surface area (Å²) in [4.78, 5) is 0. The van der Waals surface area contributed by atoms with Crippen molar-refractivity contribution >= 4 is 34.0 Å². The summed E-state index contributed by atoms with van der Waals surface area (Å²) in [5.74, 6) is 0.829. The molecule has 2 N–H and O–H groups in total. The Balaban J connectivity index is 2.73. The average molecular weight is 280 g/mol. The lowest BCUT2D eigenvalue weighted by Gasteiger charge is -2.17. The molecule has 1 atom stereocenters. The summed E-state index contributed by atoms with van der Waals surface area (Å²) in [6.07, 6.45) is 0. The summed E-state index contributed by atoms with van der Waals surface area (Å²) in [6.45, 7) is 3.70. The maximum absolute atomic E-state index is 11.8. The minimum atomic E-state index is -1.03. The molecule has 0 aliphatic carbocycles.